The van der Waals surface area contributed by atoms with Gasteiger partial charge in [0.25, 0.3) is 0 Å². The molecule has 1 fully saturated rings. The number of hydrogen-bond donors (Lipinski definition) is 1. The van der Waals surface area contributed by atoms with Gasteiger partial charge in [-0.25, -0.2) is 0 Å². The summed E-state index contributed by atoms with van der Waals surface area (Å²) >= 11 is 0. The summed E-state index contributed by atoms with van der Waals surface area (Å²) in [6.07, 6.45) is 1.07. The van der Waals surface area contributed by atoms with E-state index in [9.17, 15) is 5.11 Å². The summed E-state index contributed by atoms with van der Waals surface area (Å²) in [4.78, 5) is 0. The van der Waals surface area contributed by atoms with Crippen molar-refractivity contribution in [3.63, 3.8) is 0 Å². The molecule has 2 unspecified atom stereocenters. The van der Waals surface area contributed by atoms with E-state index in [2.05, 4.69) is 31.2 Å². The Morgan fingerprint density at radius 1 is 0.825 bits per heavy atom. The highest BCUT2D eigenvalue weighted by molar-refractivity contribution is 5.38. The summed E-state index contributed by atoms with van der Waals surface area (Å²) in [5, 5.41) is 11.2. The Balaban J connectivity index is 0.000000350. The normalized spacial score (nSPS) is 18.1. The third-order valence-electron chi connectivity index (χ3n) is 6.92. The molecule has 1 N–H and O–H groups in total. The molecular formula is C35H40O5. The molecule has 1 aliphatic heterocycles. The number of aliphatic hydroxyl groups is 1. The summed E-state index contributed by atoms with van der Waals surface area (Å²) in [7, 11) is 1.70. The minimum atomic E-state index is -1.32. The van der Waals surface area contributed by atoms with Gasteiger partial charge in [0.1, 0.15) is 5.75 Å². The maximum absolute atomic E-state index is 11.2. The lowest BCUT2D eigenvalue weighted by Gasteiger charge is -2.23. The standard InChI is InChI=1S/C27H30O4.C8H10O/c1-3-29-25-13-10-21(11-14-25)15-23-16-24(12-9-20(23)2)27(28)17-26(19-31-27)30-18-22-7-5-4-6-8-22;1-9-7-8-5-3-2-4-6-8/h4-14,16,26,28H,3,15,17-19H2,1-2H3;2-6H,7H2,1H3. The first-order chi connectivity index (χ1) is 19.5. The number of rotatable bonds is 10. The quantitative estimate of drug-likeness (QED) is 0.235. The first-order valence-electron chi connectivity index (χ1n) is 13.9. The van der Waals surface area contributed by atoms with Crippen LogP contribution in [0.2, 0.25) is 0 Å². The van der Waals surface area contributed by atoms with Gasteiger partial charge in [0, 0.05) is 19.1 Å². The summed E-state index contributed by atoms with van der Waals surface area (Å²) in [6.45, 7) is 6.35. The molecule has 0 saturated carbocycles. The largest absolute Gasteiger partial charge is 0.494 e. The topological polar surface area (TPSA) is 57.2 Å². The van der Waals surface area contributed by atoms with Gasteiger partial charge in [-0.05, 0) is 66.3 Å². The summed E-state index contributed by atoms with van der Waals surface area (Å²) < 4.78 is 22.3. The molecule has 210 valence electrons. The molecule has 0 amide bonds. The van der Waals surface area contributed by atoms with Crippen molar-refractivity contribution in [1.82, 2.24) is 0 Å². The first-order valence-corrected chi connectivity index (χ1v) is 13.9. The lowest BCUT2D eigenvalue weighted by molar-refractivity contribution is -0.179. The highest BCUT2D eigenvalue weighted by Gasteiger charge is 2.41. The molecule has 5 nitrogen and oxygen atoms in total. The molecule has 2 atom stereocenters. The van der Waals surface area contributed by atoms with Crippen molar-refractivity contribution >= 4 is 0 Å². The summed E-state index contributed by atoms with van der Waals surface area (Å²) in [5.41, 5.74) is 6.69. The average Bonchev–Trinajstić information content (AvgIpc) is 3.38. The predicted molar refractivity (Wildman–Crippen MR) is 158 cm³/mol. The monoisotopic (exact) mass is 540 g/mol. The second-order valence-corrected chi connectivity index (χ2v) is 10.0. The van der Waals surface area contributed by atoms with E-state index in [-0.39, 0.29) is 6.10 Å². The van der Waals surface area contributed by atoms with Crippen molar-refractivity contribution in [2.24, 2.45) is 0 Å². The molecule has 5 rings (SSSR count). The van der Waals surface area contributed by atoms with Crippen molar-refractivity contribution in [1.29, 1.82) is 0 Å². The van der Waals surface area contributed by atoms with Crippen LogP contribution in [0.4, 0.5) is 0 Å². The molecule has 4 aromatic rings. The Bertz CT molecular complexity index is 1290. The number of hydrogen-bond acceptors (Lipinski definition) is 5. The van der Waals surface area contributed by atoms with E-state index in [1.165, 1.54) is 22.3 Å². The molecule has 0 bridgehead atoms. The van der Waals surface area contributed by atoms with Crippen LogP contribution in [0.3, 0.4) is 0 Å². The first kappa shape index (κ1) is 29.5. The number of ether oxygens (including phenoxy) is 4. The zero-order chi connectivity index (χ0) is 28.2. The van der Waals surface area contributed by atoms with Crippen molar-refractivity contribution in [3.8, 4) is 5.75 Å². The van der Waals surface area contributed by atoms with Crippen molar-refractivity contribution < 1.29 is 24.1 Å². The van der Waals surface area contributed by atoms with Crippen LogP contribution >= 0.6 is 0 Å². The zero-order valence-corrected chi connectivity index (χ0v) is 23.7. The minimum absolute atomic E-state index is 0.138. The second kappa shape index (κ2) is 14.8. The van der Waals surface area contributed by atoms with Crippen LogP contribution in [-0.4, -0.2) is 31.5 Å². The third-order valence-corrected chi connectivity index (χ3v) is 6.92. The van der Waals surface area contributed by atoms with Gasteiger partial charge in [0.15, 0.2) is 5.79 Å². The van der Waals surface area contributed by atoms with Gasteiger partial charge in [-0.2, -0.15) is 0 Å². The molecule has 5 heteroatoms. The molecule has 0 aromatic heterocycles. The van der Waals surface area contributed by atoms with Gasteiger partial charge in [-0.15, -0.1) is 0 Å². The van der Waals surface area contributed by atoms with E-state index >= 15 is 0 Å². The van der Waals surface area contributed by atoms with E-state index in [1.807, 2.05) is 85.8 Å². The summed E-state index contributed by atoms with van der Waals surface area (Å²) in [6, 6.07) is 34.4. The average molecular weight is 541 g/mol. The van der Waals surface area contributed by atoms with Crippen molar-refractivity contribution in [2.45, 2.75) is 51.8 Å². The Labute approximate surface area is 238 Å². The third kappa shape index (κ3) is 8.51. The SMILES string of the molecule is CCOc1ccc(Cc2cc(C3(O)CC(OCc4ccccc4)CO3)ccc2C)cc1.COCc1ccccc1. The van der Waals surface area contributed by atoms with Gasteiger partial charge in [0.2, 0.25) is 0 Å². The van der Waals surface area contributed by atoms with Crippen LogP contribution in [0.15, 0.2) is 103 Å². The Hall–Kier alpha value is -3.48. The van der Waals surface area contributed by atoms with E-state index in [4.69, 9.17) is 18.9 Å². The van der Waals surface area contributed by atoms with E-state index in [1.54, 1.807) is 7.11 Å². The second-order valence-electron chi connectivity index (χ2n) is 10.0. The highest BCUT2D eigenvalue weighted by Crippen LogP contribution is 2.36. The number of aryl methyl sites for hydroxylation is 1. The van der Waals surface area contributed by atoms with Crippen LogP contribution in [0, 0.1) is 6.92 Å². The Morgan fingerprint density at radius 3 is 2.10 bits per heavy atom. The van der Waals surface area contributed by atoms with E-state index in [0.717, 1.165) is 23.3 Å². The van der Waals surface area contributed by atoms with Crippen molar-refractivity contribution in [3.05, 3.63) is 137 Å². The fraction of sp³-hybridized carbons (Fsp3) is 0.314. The molecular weight excluding hydrogens is 500 g/mol. The maximum atomic E-state index is 11.2. The van der Waals surface area contributed by atoms with Gasteiger partial charge in [0.05, 0.1) is 32.5 Å². The fourth-order valence-corrected chi connectivity index (χ4v) is 4.69. The lowest BCUT2D eigenvalue weighted by Crippen LogP contribution is -2.25. The van der Waals surface area contributed by atoms with Gasteiger partial charge >= 0.3 is 0 Å². The molecule has 1 heterocycles. The van der Waals surface area contributed by atoms with Crippen LogP contribution in [0.25, 0.3) is 0 Å². The minimum Gasteiger partial charge on any atom is -0.494 e. The van der Waals surface area contributed by atoms with E-state index < -0.39 is 5.79 Å². The Kier molecular flexibility index (Phi) is 10.9. The zero-order valence-electron chi connectivity index (χ0n) is 23.7. The smallest absolute Gasteiger partial charge is 0.195 e. The van der Waals surface area contributed by atoms with Gasteiger partial charge < -0.3 is 24.1 Å². The molecule has 1 aliphatic rings. The molecule has 4 aromatic carbocycles. The number of methoxy groups -OCH3 is 1. The van der Waals surface area contributed by atoms with Crippen LogP contribution < -0.4 is 4.74 Å². The van der Waals surface area contributed by atoms with E-state index in [0.29, 0.717) is 32.8 Å². The van der Waals surface area contributed by atoms with Crippen molar-refractivity contribution in [2.75, 3.05) is 20.3 Å². The summed E-state index contributed by atoms with van der Waals surface area (Å²) in [5.74, 6) is -0.435. The van der Waals surface area contributed by atoms with Crippen LogP contribution in [0.5, 0.6) is 5.75 Å². The molecule has 0 aliphatic carbocycles. The number of benzene rings is 4. The molecule has 0 spiro atoms. The molecule has 40 heavy (non-hydrogen) atoms. The molecule has 0 radical (unpaired) electrons. The fourth-order valence-electron chi connectivity index (χ4n) is 4.69. The van der Waals surface area contributed by atoms with Gasteiger partial charge in [-0.3, -0.25) is 0 Å². The van der Waals surface area contributed by atoms with Crippen LogP contribution in [-0.2, 0) is 39.6 Å². The Morgan fingerprint density at radius 2 is 1.48 bits per heavy atom. The maximum Gasteiger partial charge on any atom is 0.195 e. The highest BCUT2D eigenvalue weighted by atomic mass is 16.6. The molecule has 1 saturated heterocycles. The predicted octanol–water partition coefficient (Wildman–Crippen LogP) is 6.97. The lowest BCUT2D eigenvalue weighted by atomic mass is 9.94. The van der Waals surface area contributed by atoms with Crippen LogP contribution in [0.1, 0.15) is 46.7 Å². The van der Waals surface area contributed by atoms with Gasteiger partial charge in [-0.1, -0.05) is 84.9 Å².